The smallest absolute Gasteiger partial charge is 0.358 e. The van der Waals surface area contributed by atoms with Gasteiger partial charge in [-0.3, -0.25) is 14.3 Å². The molecule has 2 amide bonds. The monoisotopic (exact) mass is 427 g/mol. The third-order valence-electron chi connectivity index (χ3n) is 3.60. The van der Waals surface area contributed by atoms with Crippen molar-refractivity contribution < 1.29 is 14.5 Å². The number of hydrogen-bond acceptors (Lipinski definition) is 6. The van der Waals surface area contributed by atoms with E-state index in [2.05, 4.69) is 31.4 Å². The summed E-state index contributed by atoms with van der Waals surface area (Å²) in [4.78, 5) is 36.4. The van der Waals surface area contributed by atoms with Crippen LogP contribution in [0.2, 0.25) is 0 Å². The maximum absolute atomic E-state index is 12.3. The topological polar surface area (TPSA) is 128 Å². The van der Waals surface area contributed by atoms with Gasteiger partial charge in [-0.05, 0) is 34.7 Å². The third-order valence-corrected chi connectivity index (χ3v) is 4.53. The van der Waals surface area contributed by atoms with Crippen molar-refractivity contribution in [2.24, 2.45) is 0 Å². The maximum atomic E-state index is 12.3. The molecule has 1 N–H and O–H groups in total. The Hall–Kier alpha value is -2.76. The number of aromatic nitrogens is 4. The van der Waals surface area contributed by atoms with Crippen LogP contribution in [0.4, 0.5) is 11.5 Å². The molecule has 0 aromatic carbocycles. The molecule has 11 nitrogen and oxygen atoms in total. The average molecular weight is 428 g/mol. The molecular weight excluding hydrogens is 410 g/mol. The highest BCUT2D eigenvalue weighted by Crippen LogP contribution is 2.27. The fourth-order valence-corrected chi connectivity index (χ4v) is 2.69. The fraction of sp³-hybridized carbons (Fsp3) is 0.429. The molecule has 0 aliphatic heterocycles. The standard InChI is InChI=1S/C14H18BrN7O4/c1-5-20-12(14(24)19(3)4)9(6-16-20)17-10(23)7-21-8(2)11(15)13(18-21)22(25)26/h6H,5,7H2,1-4H3,(H,17,23). The number of aryl methyl sites for hydroxylation is 1. The summed E-state index contributed by atoms with van der Waals surface area (Å²) in [5.74, 6) is -1.15. The molecule has 2 aromatic rings. The van der Waals surface area contributed by atoms with Crippen molar-refractivity contribution in [3.8, 4) is 0 Å². The highest BCUT2D eigenvalue weighted by Gasteiger charge is 2.26. The molecule has 2 rings (SSSR count). The van der Waals surface area contributed by atoms with Crippen LogP contribution in [-0.2, 0) is 17.9 Å². The van der Waals surface area contributed by atoms with Crippen molar-refractivity contribution in [3.63, 3.8) is 0 Å². The minimum atomic E-state index is -0.634. The average Bonchev–Trinajstić information content (AvgIpc) is 3.09. The molecule has 140 valence electrons. The highest BCUT2D eigenvalue weighted by molar-refractivity contribution is 9.10. The van der Waals surface area contributed by atoms with E-state index in [9.17, 15) is 19.7 Å². The Labute approximate surface area is 157 Å². The van der Waals surface area contributed by atoms with Crippen molar-refractivity contribution in [1.82, 2.24) is 24.5 Å². The first kappa shape index (κ1) is 19.6. The van der Waals surface area contributed by atoms with Crippen LogP contribution in [0.3, 0.4) is 0 Å². The van der Waals surface area contributed by atoms with Crippen LogP contribution in [0, 0.1) is 17.0 Å². The minimum absolute atomic E-state index is 0.220. The molecule has 0 bridgehead atoms. The normalized spacial score (nSPS) is 10.7. The number of nitrogens with zero attached hydrogens (tertiary/aromatic N) is 6. The summed E-state index contributed by atoms with van der Waals surface area (Å²) in [6.45, 7) is 3.65. The van der Waals surface area contributed by atoms with E-state index in [4.69, 9.17) is 0 Å². The lowest BCUT2D eigenvalue weighted by molar-refractivity contribution is -0.390. The fourth-order valence-electron chi connectivity index (χ4n) is 2.26. The first-order chi connectivity index (χ1) is 12.2. The van der Waals surface area contributed by atoms with Crippen molar-refractivity contribution in [1.29, 1.82) is 0 Å². The molecule has 12 heteroatoms. The molecule has 26 heavy (non-hydrogen) atoms. The number of carbonyl (C=O) groups excluding carboxylic acids is 2. The first-order valence-electron chi connectivity index (χ1n) is 7.61. The Balaban J connectivity index is 2.24. The Morgan fingerprint density at radius 3 is 2.54 bits per heavy atom. The molecule has 0 spiro atoms. The molecule has 0 saturated carbocycles. The van der Waals surface area contributed by atoms with Gasteiger partial charge < -0.3 is 20.3 Å². The summed E-state index contributed by atoms with van der Waals surface area (Å²) >= 11 is 3.10. The van der Waals surface area contributed by atoms with Crippen molar-refractivity contribution >= 4 is 39.2 Å². The maximum Gasteiger partial charge on any atom is 0.404 e. The Kier molecular flexibility index (Phi) is 5.75. The molecule has 0 radical (unpaired) electrons. The number of amides is 2. The van der Waals surface area contributed by atoms with Gasteiger partial charge in [0.15, 0.2) is 0 Å². The molecule has 0 saturated heterocycles. The highest BCUT2D eigenvalue weighted by atomic mass is 79.9. The summed E-state index contributed by atoms with van der Waals surface area (Å²) in [5.41, 5.74) is 0.977. The number of halogens is 1. The molecule has 2 heterocycles. The van der Waals surface area contributed by atoms with Crippen molar-refractivity contribution in [2.45, 2.75) is 26.9 Å². The van der Waals surface area contributed by atoms with Gasteiger partial charge in [-0.15, -0.1) is 0 Å². The van der Waals surface area contributed by atoms with E-state index in [1.165, 1.54) is 20.5 Å². The second-order valence-corrected chi connectivity index (χ2v) is 6.40. The summed E-state index contributed by atoms with van der Waals surface area (Å²) < 4.78 is 2.92. The lowest BCUT2D eigenvalue weighted by Crippen LogP contribution is -2.27. The zero-order valence-corrected chi connectivity index (χ0v) is 16.3. The quantitative estimate of drug-likeness (QED) is 0.548. The SMILES string of the molecule is CCn1ncc(NC(=O)Cn2nc([N+](=O)[O-])c(Br)c2C)c1C(=O)N(C)C. The second-order valence-electron chi connectivity index (χ2n) is 5.61. The molecule has 0 aliphatic carbocycles. The number of nitro groups is 1. The summed E-state index contributed by atoms with van der Waals surface area (Å²) in [6, 6.07) is 0. The van der Waals surface area contributed by atoms with Crippen LogP contribution in [0.15, 0.2) is 10.7 Å². The second kappa shape index (κ2) is 7.64. The van der Waals surface area contributed by atoms with Gasteiger partial charge in [0.25, 0.3) is 5.91 Å². The summed E-state index contributed by atoms with van der Waals surface area (Å²) in [6.07, 6.45) is 1.40. The van der Waals surface area contributed by atoms with Gasteiger partial charge in [0, 0.05) is 20.6 Å². The Morgan fingerprint density at radius 1 is 1.38 bits per heavy atom. The predicted molar refractivity (Wildman–Crippen MR) is 95.9 cm³/mol. The van der Waals surface area contributed by atoms with E-state index in [1.807, 2.05) is 6.92 Å². The van der Waals surface area contributed by atoms with Crippen LogP contribution in [0.25, 0.3) is 0 Å². The van der Waals surface area contributed by atoms with Crippen LogP contribution in [0.5, 0.6) is 0 Å². The van der Waals surface area contributed by atoms with Gasteiger partial charge in [-0.25, -0.2) is 0 Å². The molecule has 0 atom stereocenters. The lowest BCUT2D eigenvalue weighted by Gasteiger charge is -2.13. The van der Waals surface area contributed by atoms with Gasteiger partial charge in [0.1, 0.15) is 16.7 Å². The largest absolute Gasteiger partial charge is 0.404 e. The molecule has 0 aliphatic rings. The van der Waals surface area contributed by atoms with Gasteiger partial charge in [0.05, 0.1) is 22.7 Å². The van der Waals surface area contributed by atoms with Crippen molar-refractivity contribution in [3.05, 3.63) is 32.2 Å². The van der Waals surface area contributed by atoms with Crippen molar-refractivity contribution in [2.75, 3.05) is 19.4 Å². The third kappa shape index (κ3) is 3.74. The van der Waals surface area contributed by atoms with E-state index in [1.54, 1.807) is 21.0 Å². The predicted octanol–water partition coefficient (Wildman–Crippen LogP) is 1.42. The first-order valence-corrected chi connectivity index (χ1v) is 8.41. The Bertz CT molecular complexity index is 871. The van der Waals surface area contributed by atoms with Crippen LogP contribution < -0.4 is 5.32 Å². The van der Waals surface area contributed by atoms with Gasteiger partial charge in [-0.2, -0.15) is 9.78 Å². The zero-order chi connectivity index (χ0) is 19.6. The molecule has 0 unspecified atom stereocenters. The molecule has 0 fully saturated rings. The van der Waals surface area contributed by atoms with Crippen LogP contribution in [-0.4, -0.2) is 55.3 Å². The van der Waals surface area contributed by atoms with Gasteiger partial charge >= 0.3 is 5.82 Å². The summed E-state index contributed by atoms with van der Waals surface area (Å²) in [7, 11) is 3.20. The number of rotatable bonds is 6. The molecule has 2 aromatic heterocycles. The van der Waals surface area contributed by atoms with Gasteiger partial charge in [0.2, 0.25) is 5.91 Å². The number of nitrogens with one attached hydrogen (secondary N) is 1. The number of carbonyl (C=O) groups is 2. The van der Waals surface area contributed by atoms with Gasteiger partial charge in [-0.1, -0.05) is 0 Å². The van der Waals surface area contributed by atoms with Crippen LogP contribution >= 0.6 is 15.9 Å². The Morgan fingerprint density at radius 2 is 2.04 bits per heavy atom. The molecular formula is C14H18BrN7O4. The van der Waals surface area contributed by atoms with E-state index in [0.29, 0.717) is 12.2 Å². The number of anilines is 1. The minimum Gasteiger partial charge on any atom is -0.358 e. The summed E-state index contributed by atoms with van der Waals surface area (Å²) in [5, 5.41) is 21.5. The zero-order valence-electron chi connectivity index (χ0n) is 14.7. The van der Waals surface area contributed by atoms with E-state index >= 15 is 0 Å². The van der Waals surface area contributed by atoms with E-state index in [0.717, 1.165) is 0 Å². The van der Waals surface area contributed by atoms with E-state index < -0.39 is 10.8 Å². The number of hydrogen-bond donors (Lipinski definition) is 1. The van der Waals surface area contributed by atoms with E-state index in [-0.39, 0.29) is 34.1 Å². The van der Waals surface area contributed by atoms with Crippen LogP contribution in [0.1, 0.15) is 23.1 Å². The lowest BCUT2D eigenvalue weighted by atomic mass is 10.3.